The van der Waals surface area contributed by atoms with Crippen LogP contribution in [0.3, 0.4) is 0 Å². The third-order valence-electron chi connectivity index (χ3n) is 4.08. The quantitative estimate of drug-likeness (QED) is 0.598. The van der Waals surface area contributed by atoms with Crippen LogP contribution in [0.4, 0.5) is 0 Å². The predicted octanol–water partition coefficient (Wildman–Crippen LogP) is 3.88. The first-order chi connectivity index (χ1) is 9.13. The van der Waals surface area contributed by atoms with Crippen LogP contribution < -0.4 is 10.6 Å². The fraction of sp³-hybridized carbons (Fsp3) is 0.941. The van der Waals surface area contributed by atoms with Crippen LogP contribution in [0.1, 0.15) is 80.6 Å². The summed E-state index contributed by atoms with van der Waals surface area (Å²) in [4.78, 5) is 12.1. The molecule has 0 aromatic rings. The van der Waals surface area contributed by atoms with Gasteiger partial charge in [-0.3, -0.25) is 4.79 Å². The van der Waals surface area contributed by atoms with E-state index in [0.29, 0.717) is 0 Å². The van der Waals surface area contributed by atoms with E-state index in [1.807, 2.05) is 6.92 Å². The molecule has 1 amide bonds. The van der Waals surface area contributed by atoms with Crippen molar-refractivity contribution in [1.82, 2.24) is 10.6 Å². The first kappa shape index (κ1) is 19.4. The number of amides is 1. The summed E-state index contributed by atoms with van der Waals surface area (Å²) in [5.41, 5.74) is 0.133. The summed E-state index contributed by atoms with van der Waals surface area (Å²) in [7, 11) is 0. The zero-order valence-corrected chi connectivity index (χ0v) is 14.7. The Hall–Kier alpha value is -0.570. The normalized spacial score (nSPS) is 14.2. The van der Waals surface area contributed by atoms with Crippen LogP contribution in [0.15, 0.2) is 0 Å². The predicted molar refractivity (Wildman–Crippen MR) is 87.9 cm³/mol. The van der Waals surface area contributed by atoms with Gasteiger partial charge in [-0.25, -0.2) is 0 Å². The maximum absolute atomic E-state index is 12.1. The Kier molecular flexibility index (Phi) is 8.41. The molecule has 0 aliphatic carbocycles. The first-order valence-corrected chi connectivity index (χ1v) is 8.19. The summed E-state index contributed by atoms with van der Waals surface area (Å²) < 4.78 is 0. The minimum Gasteiger partial charge on any atom is -0.350 e. The molecule has 1 unspecified atom stereocenters. The van der Waals surface area contributed by atoms with Gasteiger partial charge in [0.05, 0.1) is 6.04 Å². The van der Waals surface area contributed by atoms with E-state index < -0.39 is 0 Å². The van der Waals surface area contributed by atoms with Crippen LogP contribution in [0.5, 0.6) is 0 Å². The fourth-order valence-electron chi connectivity index (χ4n) is 1.99. The third-order valence-corrected chi connectivity index (χ3v) is 4.08. The Bertz CT molecular complexity index is 285. The minimum atomic E-state index is -0.133. The lowest BCUT2D eigenvalue weighted by Gasteiger charge is -2.30. The van der Waals surface area contributed by atoms with Crippen molar-refractivity contribution in [3.05, 3.63) is 0 Å². The van der Waals surface area contributed by atoms with E-state index in [2.05, 4.69) is 52.2 Å². The average molecular weight is 284 g/mol. The molecule has 20 heavy (non-hydrogen) atoms. The Morgan fingerprint density at radius 2 is 1.70 bits per heavy atom. The summed E-state index contributed by atoms with van der Waals surface area (Å²) in [5, 5.41) is 6.48. The smallest absolute Gasteiger partial charge is 0.237 e. The zero-order valence-electron chi connectivity index (χ0n) is 14.7. The summed E-state index contributed by atoms with van der Waals surface area (Å²) in [6, 6.07) is -0.133. The van der Waals surface area contributed by atoms with E-state index in [1.165, 1.54) is 25.7 Å². The highest BCUT2D eigenvalue weighted by Crippen LogP contribution is 2.22. The van der Waals surface area contributed by atoms with Gasteiger partial charge in [0.2, 0.25) is 5.91 Å². The summed E-state index contributed by atoms with van der Waals surface area (Å²) in [6.45, 7) is 15.8. The van der Waals surface area contributed by atoms with E-state index in [4.69, 9.17) is 0 Å². The molecule has 2 N–H and O–H groups in total. The molecule has 0 radical (unpaired) electrons. The monoisotopic (exact) mass is 284 g/mol. The molecule has 1 atom stereocenters. The summed E-state index contributed by atoms with van der Waals surface area (Å²) in [5.74, 6) is 0.0983. The van der Waals surface area contributed by atoms with Gasteiger partial charge in [-0.1, -0.05) is 47.0 Å². The standard InChI is InChI=1S/C17H36N2O/c1-8-10-11-12-16(4,5)13-18-14(3)15(20)19-17(6,7)9-2/h14,18H,8-13H2,1-7H3,(H,19,20). The SMILES string of the molecule is CCCCCC(C)(C)CNC(C)C(=O)NC(C)(C)CC. The van der Waals surface area contributed by atoms with Crippen molar-refractivity contribution >= 4 is 5.91 Å². The average Bonchev–Trinajstić information content (AvgIpc) is 2.35. The van der Waals surface area contributed by atoms with Crippen molar-refractivity contribution in [3.63, 3.8) is 0 Å². The molecule has 0 bridgehead atoms. The van der Waals surface area contributed by atoms with Crippen molar-refractivity contribution < 1.29 is 4.79 Å². The number of hydrogen-bond donors (Lipinski definition) is 2. The topological polar surface area (TPSA) is 41.1 Å². The van der Waals surface area contributed by atoms with Gasteiger partial charge in [-0.05, 0) is 39.0 Å². The maximum atomic E-state index is 12.1. The molecule has 0 heterocycles. The summed E-state index contributed by atoms with van der Waals surface area (Å²) in [6.07, 6.45) is 5.98. The number of unbranched alkanes of at least 4 members (excludes halogenated alkanes) is 2. The van der Waals surface area contributed by atoms with Crippen molar-refractivity contribution in [2.45, 2.75) is 92.2 Å². The molecule has 0 aliphatic heterocycles. The molecule has 0 aliphatic rings. The Morgan fingerprint density at radius 1 is 1.10 bits per heavy atom. The minimum absolute atomic E-state index is 0.0983. The van der Waals surface area contributed by atoms with Crippen LogP contribution in [-0.4, -0.2) is 24.0 Å². The second-order valence-corrected chi connectivity index (χ2v) is 7.45. The lowest BCUT2D eigenvalue weighted by atomic mass is 9.86. The van der Waals surface area contributed by atoms with E-state index in [0.717, 1.165) is 13.0 Å². The number of hydrogen-bond acceptors (Lipinski definition) is 2. The molecule has 0 saturated carbocycles. The molecular formula is C17H36N2O. The van der Waals surface area contributed by atoms with Gasteiger partial charge >= 0.3 is 0 Å². The van der Waals surface area contributed by atoms with Crippen molar-refractivity contribution in [2.75, 3.05) is 6.54 Å². The molecular weight excluding hydrogens is 248 g/mol. The third kappa shape index (κ3) is 8.57. The second kappa shape index (κ2) is 8.66. The van der Waals surface area contributed by atoms with Gasteiger partial charge in [0, 0.05) is 12.1 Å². The Balaban J connectivity index is 4.13. The highest BCUT2D eigenvalue weighted by Gasteiger charge is 2.24. The molecule has 0 aromatic heterocycles. The van der Waals surface area contributed by atoms with E-state index in [-0.39, 0.29) is 22.9 Å². The largest absolute Gasteiger partial charge is 0.350 e. The molecule has 0 aromatic carbocycles. The highest BCUT2D eigenvalue weighted by atomic mass is 16.2. The Morgan fingerprint density at radius 3 is 2.20 bits per heavy atom. The molecule has 0 spiro atoms. The number of nitrogens with one attached hydrogen (secondary N) is 2. The highest BCUT2D eigenvalue weighted by molar-refractivity contribution is 5.81. The van der Waals surface area contributed by atoms with Gasteiger partial charge < -0.3 is 10.6 Å². The van der Waals surface area contributed by atoms with E-state index in [9.17, 15) is 4.79 Å². The van der Waals surface area contributed by atoms with Crippen molar-refractivity contribution in [3.8, 4) is 0 Å². The van der Waals surface area contributed by atoms with Gasteiger partial charge in [0.25, 0.3) is 0 Å². The molecule has 0 fully saturated rings. The molecule has 120 valence electrons. The lowest BCUT2D eigenvalue weighted by molar-refractivity contribution is -0.124. The van der Waals surface area contributed by atoms with Gasteiger partial charge in [-0.15, -0.1) is 0 Å². The van der Waals surface area contributed by atoms with Crippen molar-refractivity contribution in [2.24, 2.45) is 5.41 Å². The molecule has 0 saturated heterocycles. The number of rotatable bonds is 10. The van der Waals surface area contributed by atoms with Gasteiger partial charge in [0.15, 0.2) is 0 Å². The first-order valence-electron chi connectivity index (χ1n) is 8.19. The van der Waals surface area contributed by atoms with Crippen LogP contribution in [0, 0.1) is 5.41 Å². The number of carbonyl (C=O) groups excluding carboxylic acids is 1. The Labute approximate surface area is 126 Å². The molecule has 0 rings (SSSR count). The maximum Gasteiger partial charge on any atom is 0.237 e. The van der Waals surface area contributed by atoms with E-state index in [1.54, 1.807) is 0 Å². The van der Waals surface area contributed by atoms with Gasteiger partial charge in [-0.2, -0.15) is 0 Å². The molecule has 3 heteroatoms. The number of carbonyl (C=O) groups is 1. The summed E-state index contributed by atoms with van der Waals surface area (Å²) >= 11 is 0. The zero-order chi connectivity index (χ0) is 15.8. The van der Waals surface area contributed by atoms with Crippen LogP contribution >= 0.6 is 0 Å². The van der Waals surface area contributed by atoms with Crippen LogP contribution in [0.25, 0.3) is 0 Å². The van der Waals surface area contributed by atoms with Gasteiger partial charge in [0.1, 0.15) is 0 Å². The van der Waals surface area contributed by atoms with E-state index >= 15 is 0 Å². The van der Waals surface area contributed by atoms with Crippen LogP contribution in [-0.2, 0) is 4.79 Å². The fourth-order valence-corrected chi connectivity index (χ4v) is 1.99. The molecule has 3 nitrogen and oxygen atoms in total. The lowest BCUT2D eigenvalue weighted by Crippen LogP contribution is -2.51. The second-order valence-electron chi connectivity index (χ2n) is 7.45. The van der Waals surface area contributed by atoms with Crippen LogP contribution in [0.2, 0.25) is 0 Å². The van der Waals surface area contributed by atoms with Crippen molar-refractivity contribution in [1.29, 1.82) is 0 Å².